The van der Waals surface area contributed by atoms with Gasteiger partial charge >= 0.3 is 0 Å². The van der Waals surface area contributed by atoms with Gasteiger partial charge in [-0.3, -0.25) is 4.90 Å². The zero-order chi connectivity index (χ0) is 14.2. The second-order valence-corrected chi connectivity index (χ2v) is 6.18. The summed E-state index contributed by atoms with van der Waals surface area (Å²) < 4.78 is 11.4. The van der Waals surface area contributed by atoms with Gasteiger partial charge in [0, 0.05) is 26.6 Å². The molecule has 2 heterocycles. The van der Waals surface area contributed by atoms with Crippen molar-refractivity contribution in [3.05, 3.63) is 11.8 Å². The fourth-order valence-corrected chi connectivity index (χ4v) is 3.00. The summed E-state index contributed by atoms with van der Waals surface area (Å²) in [5.74, 6) is 1.12. The van der Waals surface area contributed by atoms with Gasteiger partial charge in [0.1, 0.15) is 6.10 Å². The molecule has 0 unspecified atom stereocenters. The van der Waals surface area contributed by atoms with Crippen LogP contribution in [0, 0.1) is 6.92 Å². The Labute approximate surface area is 119 Å². The van der Waals surface area contributed by atoms with Crippen molar-refractivity contribution in [1.29, 1.82) is 0 Å². The quantitative estimate of drug-likeness (QED) is 0.900. The maximum atomic E-state index is 10.2. The Bertz CT molecular complexity index is 458. The number of rotatable bonds is 4. The van der Waals surface area contributed by atoms with Gasteiger partial charge in [-0.15, -0.1) is 10.2 Å². The molecule has 1 N–H and O–H groups in total. The third-order valence-corrected chi connectivity index (χ3v) is 4.33. The lowest BCUT2D eigenvalue weighted by atomic mass is 9.78. The largest absolute Gasteiger partial charge is 0.423 e. The summed E-state index contributed by atoms with van der Waals surface area (Å²) in [4.78, 5) is 2.33. The molecule has 2 fully saturated rings. The predicted molar refractivity (Wildman–Crippen MR) is 72.2 cm³/mol. The molecule has 1 aromatic heterocycles. The maximum absolute atomic E-state index is 10.2. The van der Waals surface area contributed by atoms with Crippen molar-refractivity contribution >= 4 is 0 Å². The first kappa shape index (κ1) is 14.0. The lowest BCUT2D eigenvalue weighted by molar-refractivity contribution is -0.101. The number of aliphatic hydroxyl groups is 1. The van der Waals surface area contributed by atoms with Crippen LogP contribution >= 0.6 is 0 Å². The van der Waals surface area contributed by atoms with Crippen LogP contribution in [-0.2, 0) is 4.74 Å². The second kappa shape index (κ2) is 5.42. The highest BCUT2D eigenvalue weighted by molar-refractivity contribution is 4.92. The molecule has 0 aromatic carbocycles. The van der Waals surface area contributed by atoms with Gasteiger partial charge in [0.2, 0.25) is 11.8 Å². The normalized spacial score (nSPS) is 30.1. The van der Waals surface area contributed by atoms with Crippen molar-refractivity contribution in [3.63, 3.8) is 0 Å². The molecule has 6 heteroatoms. The minimum Gasteiger partial charge on any atom is -0.423 e. The van der Waals surface area contributed by atoms with Crippen LogP contribution in [0.2, 0.25) is 0 Å². The molecule has 2 atom stereocenters. The number of morpholine rings is 1. The summed E-state index contributed by atoms with van der Waals surface area (Å²) in [6, 6.07) is 0. The van der Waals surface area contributed by atoms with E-state index in [4.69, 9.17) is 9.15 Å². The van der Waals surface area contributed by atoms with Crippen LogP contribution < -0.4 is 0 Å². The smallest absolute Gasteiger partial charge is 0.246 e. The van der Waals surface area contributed by atoms with E-state index in [0.717, 1.165) is 45.3 Å². The van der Waals surface area contributed by atoms with Crippen molar-refractivity contribution in [2.24, 2.45) is 0 Å². The van der Waals surface area contributed by atoms with E-state index in [2.05, 4.69) is 22.0 Å². The molecule has 2 aliphatic rings. The van der Waals surface area contributed by atoms with Gasteiger partial charge in [-0.25, -0.2) is 0 Å². The monoisotopic (exact) mass is 281 g/mol. The highest BCUT2D eigenvalue weighted by Crippen LogP contribution is 2.35. The Morgan fingerprint density at radius 2 is 2.15 bits per heavy atom. The van der Waals surface area contributed by atoms with E-state index in [1.807, 2.05) is 0 Å². The van der Waals surface area contributed by atoms with Gasteiger partial charge in [-0.05, 0) is 32.6 Å². The number of aryl methyl sites for hydroxylation is 1. The predicted octanol–water partition coefficient (Wildman–Crippen LogP) is 1.44. The van der Waals surface area contributed by atoms with Crippen molar-refractivity contribution in [2.45, 2.75) is 57.3 Å². The summed E-state index contributed by atoms with van der Waals surface area (Å²) in [7, 11) is 0. The van der Waals surface area contributed by atoms with E-state index in [1.54, 1.807) is 6.92 Å². The van der Waals surface area contributed by atoms with Gasteiger partial charge in [-0.2, -0.15) is 0 Å². The molecule has 1 aromatic rings. The van der Waals surface area contributed by atoms with Crippen LogP contribution in [0.4, 0.5) is 0 Å². The standard InChI is InChI=1S/C14H23N3O3/c1-10-8-17(7-6-14(18)4-3-5-14)9-12(19-10)13-16-15-11(2)20-13/h10,12,18H,3-9H2,1-2H3/t10-,12-/m1/s1. The number of hydrogen-bond acceptors (Lipinski definition) is 6. The molecule has 1 aliphatic carbocycles. The molecule has 0 amide bonds. The molecular formula is C14H23N3O3. The number of ether oxygens (including phenoxy) is 1. The molecule has 6 nitrogen and oxygen atoms in total. The Balaban J connectivity index is 1.58. The molecule has 0 bridgehead atoms. The van der Waals surface area contributed by atoms with E-state index >= 15 is 0 Å². The molecule has 1 aliphatic heterocycles. The van der Waals surface area contributed by atoms with Crippen LogP contribution in [-0.4, -0.2) is 51.5 Å². The minimum absolute atomic E-state index is 0.136. The molecule has 0 radical (unpaired) electrons. The van der Waals surface area contributed by atoms with E-state index in [9.17, 15) is 5.11 Å². The van der Waals surface area contributed by atoms with Crippen molar-refractivity contribution in [1.82, 2.24) is 15.1 Å². The Morgan fingerprint density at radius 3 is 2.75 bits per heavy atom. The van der Waals surface area contributed by atoms with E-state index in [0.29, 0.717) is 11.8 Å². The first-order valence-electron chi connectivity index (χ1n) is 7.44. The van der Waals surface area contributed by atoms with Gasteiger partial charge in [0.15, 0.2) is 0 Å². The first-order valence-corrected chi connectivity index (χ1v) is 7.44. The second-order valence-electron chi connectivity index (χ2n) is 6.18. The third kappa shape index (κ3) is 3.02. The summed E-state index contributed by atoms with van der Waals surface area (Å²) in [5.41, 5.74) is -0.419. The molecular weight excluding hydrogens is 258 g/mol. The summed E-state index contributed by atoms with van der Waals surface area (Å²) in [5, 5.41) is 18.1. The summed E-state index contributed by atoms with van der Waals surface area (Å²) in [6.07, 6.45) is 3.86. The fraction of sp³-hybridized carbons (Fsp3) is 0.857. The Hall–Kier alpha value is -0.980. The van der Waals surface area contributed by atoms with Crippen molar-refractivity contribution < 1.29 is 14.3 Å². The number of aromatic nitrogens is 2. The van der Waals surface area contributed by atoms with Gasteiger partial charge in [-0.1, -0.05) is 0 Å². The third-order valence-electron chi connectivity index (χ3n) is 4.33. The van der Waals surface area contributed by atoms with E-state index in [1.165, 1.54) is 0 Å². The van der Waals surface area contributed by atoms with Crippen LogP contribution in [0.5, 0.6) is 0 Å². The molecule has 20 heavy (non-hydrogen) atoms. The average molecular weight is 281 g/mol. The molecule has 1 saturated heterocycles. The SMILES string of the molecule is Cc1nnc([C@H]2CN(CCC3(O)CCC3)C[C@@H](C)O2)o1. The van der Waals surface area contributed by atoms with Crippen LogP contribution in [0.25, 0.3) is 0 Å². The highest BCUT2D eigenvalue weighted by atomic mass is 16.5. The van der Waals surface area contributed by atoms with E-state index in [-0.39, 0.29) is 12.2 Å². The van der Waals surface area contributed by atoms with E-state index < -0.39 is 5.60 Å². The lowest BCUT2D eigenvalue weighted by Gasteiger charge is -2.40. The minimum atomic E-state index is -0.419. The first-order chi connectivity index (χ1) is 9.54. The zero-order valence-electron chi connectivity index (χ0n) is 12.2. The Morgan fingerprint density at radius 1 is 1.35 bits per heavy atom. The van der Waals surface area contributed by atoms with Crippen LogP contribution in [0.3, 0.4) is 0 Å². The maximum Gasteiger partial charge on any atom is 0.246 e. The Kier molecular flexibility index (Phi) is 3.79. The summed E-state index contributed by atoms with van der Waals surface area (Å²) >= 11 is 0. The number of nitrogens with zero attached hydrogens (tertiary/aromatic N) is 3. The summed E-state index contributed by atoms with van der Waals surface area (Å²) in [6.45, 7) is 6.38. The molecule has 1 saturated carbocycles. The fourth-order valence-electron chi connectivity index (χ4n) is 3.00. The van der Waals surface area contributed by atoms with Crippen LogP contribution in [0.15, 0.2) is 4.42 Å². The number of hydrogen-bond donors (Lipinski definition) is 1. The zero-order valence-corrected chi connectivity index (χ0v) is 12.2. The molecule has 3 rings (SSSR count). The molecule has 112 valence electrons. The highest BCUT2D eigenvalue weighted by Gasteiger charge is 2.36. The van der Waals surface area contributed by atoms with Gasteiger partial charge in [0.25, 0.3) is 0 Å². The van der Waals surface area contributed by atoms with Crippen molar-refractivity contribution in [2.75, 3.05) is 19.6 Å². The van der Waals surface area contributed by atoms with Gasteiger partial charge < -0.3 is 14.3 Å². The lowest BCUT2D eigenvalue weighted by Crippen LogP contribution is -2.46. The average Bonchev–Trinajstić information content (AvgIpc) is 2.80. The van der Waals surface area contributed by atoms with Gasteiger partial charge in [0.05, 0.1) is 11.7 Å². The topological polar surface area (TPSA) is 71.6 Å². The van der Waals surface area contributed by atoms with Crippen LogP contribution in [0.1, 0.15) is 50.5 Å². The van der Waals surface area contributed by atoms with Crippen molar-refractivity contribution in [3.8, 4) is 0 Å². The molecule has 0 spiro atoms.